The summed E-state index contributed by atoms with van der Waals surface area (Å²) in [6.07, 6.45) is 0. The highest BCUT2D eigenvalue weighted by Crippen LogP contribution is 2.24. The molecule has 0 bridgehead atoms. The van der Waals surface area contributed by atoms with E-state index in [1.807, 2.05) is 0 Å². The molecule has 0 aromatic heterocycles. The van der Waals surface area contributed by atoms with Gasteiger partial charge in [-0.3, -0.25) is 0 Å². The summed E-state index contributed by atoms with van der Waals surface area (Å²) >= 11 is 3.34. The minimum Gasteiger partial charge on any atom is -0.496 e. The van der Waals surface area contributed by atoms with Crippen molar-refractivity contribution in [1.82, 2.24) is 5.32 Å². The van der Waals surface area contributed by atoms with Gasteiger partial charge in [-0.05, 0) is 30.5 Å². The third-order valence-corrected chi connectivity index (χ3v) is 2.54. The monoisotopic (exact) mass is 257 g/mol. The molecule has 78 valence electrons. The summed E-state index contributed by atoms with van der Waals surface area (Å²) in [5.41, 5.74) is 4.50. The van der Waals surface area contributed by atoms with Crippen LogP contribution in [-0.4, -0.2) is 12.6 Å². The quantitative estimate of drug-likeness (QED) is 0.662. The number of hydrogen-bond donors (Lipinski definition) is 1. The number of nitrogens with one attached hydrogen (secondary N) is 1. The maximum atomic E-state index is 5.31. The molecule has 0 amide bonds. The van der Waals surface area contributed by atoms with Gasteiger partial charge in [-0.2, -0.15) is 0 Å². The highest BCUT2D eigenvalue weighted by atomic mass is 79.9. The first-order chi connectivity index (χ1) is 6.69. The molecule has 0 spiro atoms. The van der Waals surface area contributed by atoms with Crippen molar-refractivity contribution < 1.29 is 4.74 Å². The van der Waals surface area contributed by atoms with Crippen LogP contribution < -0.4 is 10.1 Å². The average molecular weight is 258 g/mol. The van der Waals surface area contributed by atoms with Gasteiger partial charge < -0.3 is 10.1 Å². The Balaban J connectivity index is 2.90. The highest BCUT2D eigenvalue weighted by Gasteiger charge is 2.04. The minimum absolute atomic E-state index is 0.817. The zero-order valence-electron chi connectivity index (χ0n) is 8.86. The molecular formula is C11H16BrNO. The van der Waals surface area contributed by atoms with Crippen molar-refractivity contribution in [2.24, 2.45) is 0 Å². The summed E-state index contributed by atoms with van der Waals surface area (Å²) in [4.78, 5) is 0. The third kappa shape index (κ3) is 2.72. The van der Waals surface area contributed by atoms with E-state index < -0.39 is 0 Å². The summed E-state index contributed by atoms with van der Waals surface area (Å²) in [5, 5.41) is 3.23. The van der Waals surface area contributed by atoms with Crippen molar-refractivity contribution in [3.05, 3.63) is 28.8 Å². The minimum atomic E-state index is 0.817. The number of aryl methyl sites for hydroxylation is 2. The average Bonchev–Trinajstić information content (AvgIpc) is 2.14. The number of methoxy groups -OCH3 is 1. The lowest BCUT2D eigenvalue weighted by Gasteiger charge is -2.11. The fourth-order valence-electron chi connectivity index (χ4n) is 1.66. The SMILES string of the molecule is COc1c(C)cc(CNCBr)cc1C. The van der Waals surface area contributed by atoms with Crippen LogP contribution in [0.4, 0.5) is 0 Å². The molecule has 0 aliphatic heterocycles. The number of benzene rings is 1. The second-order valence-corrected chi connectivity index (χ2v) is 3.88. The van der Waals surface area contributed by atoms with E-state index in [9.17, 15) is 0 Å². The van der Waals surface area contributed by atoms with Crippen LogP contribution in [-0.2, 0) is 6.54 Å². The Bertz CT molecular complexity index is 289. The topological polar surface area (TPSA) is 21.3 Å². The number of alkyl halides is 1. The first kappa shape index (κ1) is 11.5. The van der Waals surface area contributed by atoms with E-state index in [2.05, 4.69) is 47.2 Å². The third-order valence-electron chi connectivity index (χ3n) is 2.15. The van der Waals surface area contributed by atoms with Gasteiger partial charge in [-0.15, -0.1) is 0 Å². The number of halogens is 1. The second kappa shape index (κ2) is 5.37. The fraction of sp³-hybridized carbons (Fsp3) is 0.455. The van der Waals surface area contributed by atoms with Gasteiger partial charge in [0.2, 0.25) is 0 Å². The standard InChI is InChI=1S/C11H16BrNO/c1-8-4-10(6-13-7-12)5-9(2)11(8)14-3/h4-5,13H,6-7H2,1-3H3. The summed E-state index contributed by atoms with van der Waals surface area (Å²) in [7, 11) is 1.71. The van der Waals surface area contributed by atoms with Crippen LogP contribution in [0.3, 0.4) is 0 Å². The lowest BCUT2D eigenvalue weighted by molar-refractivity contribution is 0.408. The largest absolute Gasteiger partial charge is 0.496 e. The molecule has 1 aromatic rings. The van der Waals surface area contributed by atoms with E-state index in [1.54, 1.807) is 7.11 Å². The van der Waals surface area contributed by atoms with E-state index in [1.165, 1.54) is 16.7 Å². The van der Waals surface area contributed by atoms with E-state index >= 15 is 0 Å². The van der Waals surface area contributed by atoms with E-state index in [0.29, 0.717) is 0 Å². The molecule has 3 heteroatoms. The van der Waals surface area contributed by atoms with Crippen molar-refractivity contribution >= 4 is 15.9 Å². The molecule has 0 saturated heterocycles. The predicted molar refractivity (Wildman–Crippen MR) is 63.1 cm³/mol. The van der Waals surface area contributed by atoms with Crippen LogP contribution in [0.2, 0.25) is 0 Å². The Hall–Kier alpha value is -0.540. The number of rotatable bonds is 4. The van der Waals surface area contributed by atoms with Crippen molar-refractivity contribution in [2.45, 2.75) is 20.4 Å². The molecule has 0 aliphatic carbocycles. The zero-order chi connectivity index (χ0) is 10.6. The van der Waals surface area contributed by atoms with Crippen LogP contribution in [0, 0.1) is 13.8 Å². The molecule has 0 fully saturated rings. The molecule has 14 heavy (non-hydrogen) atoms. The molecule has 0 saturated carbocycles. The first-order valence-corrected chi connectivity index (χ1v) is 5.72. The molecule has 0 aliphatic rings. The van der Waals surface area contributed by atoms with Gasteiger partial charge in [0.05, 0.1) is 12.6 Å². The van der Waals surface area contributed by atoms with Crippen molar-refractivity contribution in [3.8, 4) is 5.75 Å². The molecule has 0 unspecified atom stereocenters. The van der Waals surface area contributed by atoms with Gasteiger partial charge in [0, 0.05) is 6.54 Å². The van der Waals surface area contributed by atoms with Gasteiger partial charge in [0.25, 0.3) is 0 Å². The normalized spacial score (nSPS) is 10.3. The summed E-state index contributed by atoms with van der Waals surface area (Å²) in [5.74, 6) is 0.993. The maximum Gasteiger partial charge on any atom is 0.124 e. The van der Waals surface area contributed by atoms with E-state index in [-0.39, 0.29) is 0 Å². The molecule has 2 nitrogen and oxygen atoms in total. The number of ether oxygens (including phenoxy) is 1. The molecule has 0 radical (unpaired) electrons. The molecule has 0 atom stereocenters. The smallest absolute Gasteiger partial charge is 0.124 e. The highest BCUT2D eigenvalue weighted by molar-refractivity contribution is 9.09. The van der Waals surface area contributed by atoms with Gasteiger partial charge in [-0.1, -0.05) is 28.1 Å². The van der Waals surface area contributed by atoms with Gasteiger partial charge in [0.1, 0.15) is 5.75 Å². The number of hydrogen-bond acceptors (Lipinski definition) is 2. The maximum absolute atomic E-state index is 5.31. The van der Waals surface area contributed by atoms with E-state index in [4.69, 9.17) is 4.74 Å². The molecule has 1 rings (SSSR count). The van der Waals surface area contributed by atoms with Gasteiger partial charge >= 0.3 is 0 Å². The van der Waals surface area contributed by atoms with Crippen LogP contribution in [0.1, 0.15) is 16.7 Å². The Morgan fingerprint density at radius 2 is 1.86 bits per heavy atom. The van der Waals surface area contributed by atoms with Crippen molar-refractivity contribution in [1.29, 1.82) is 0 Å². The molecule has 1 aromatic carbocycles. The lowest BCUT2D eigenvalue weighted by Crippen LogP contribution is -2.10. The van der Waals surface area contributed by atoms with Crippen LogP contribution >= 0.6 is 15.9 Å². The van der Waals surface area contributed by atoms with Gasteiger partial charge in [-0.25, -0.2) is 0 Å². The molecule has 0 heterocycles. The fourth-order valence-corrected chi connectivity index (χ4v) is 1.85. The molecular weight excluding hydrogens is 242 g/mol. The molecule has 1 N–H and O–H groups in total. The Kier molecular flexibility index (Phi) is 4.42. The second-order valence-electron chi connectivity index (χ2n) is 3.32. The van der Waals surface area contributed by atoms with Crippen LogP contribution in [0.15, 0.2) is 12.1 Å². The summed E-state index contributed by atoms with van der Waals surface area (Å²) in [6, 6.07) is 4.31. The van der Waals surface area contributed by atoms with Crippen LogP contribution in [0.25, 0.3) is 0 Å². The zero-order valence-corrected chi connectivity index (χ0v) is 10.4. The lowest BCUT2D eigenvalue weighted by atomic mass is 10.1. The first-order valence-electron chi connectivity index (χ1n) is 4.59. The Morgan fingerprint density at radius 3 is 2.29 bits per heavy atom. The predicted octanol–water partition coefficient (Wildman–Crippen LogP) is 2.75. The summed E-state index contributed by atoms with van der Waals surface area (Å²) in [6.45, 7) is 5.03. The van der Waals surface area contributed by atoms with Gasteiger partial charge in [0.15, 0.2) is 0 Å². The van der Waals surface area contributed by atoms with E-state index in [0.717, 1.165) is 17.7 Å². The summed E-state index contributed by atoms with van der Waals surface area (Å²) < 4.78 is 5.31. The Morgan fingerprint density at radius 1 is 1.29 bits per heavy atom. The van der Waals surface area contributed by atoms with Crippen LogP contribution in [0.5, 0.6) is 5.75 Å². The Labute approximate surface area is 93.8 Å². The van der Waals surface area contributed by atoms with Crippen molar-refractivity contribution in [2.75, 3.05) is 12.6 Å². The van der Waals surface area contributed by atoms with Crippen molar-refractivity contribution in [3.63, 3.8) is 0 Å².